The van der Waals surface area contributed by atoms with E-state index in [9.17, 15) is 26.3 Å². The lowest BCUT2D eigenvalue weighted by molar-refractivity contribution is 0.162. The summed E-state index contributed by atoms with van der Waals surface area (Å²) in [5, 5.41) is 5.00. The van der Waals surface area contributed by atoms with Crippen molar-refractivity contribution in [3.8, 4) is 23.0 Å². The fraction of sp³-hybridized carbons (Fsp3) is 0.300. The number of fused-ring (bicyclic) bond motifs is 2. The summed E-state index contributed by atoms with van der Waals surface area (Å²) in [7, 11) is 0. The zero-order valence-electron chi connectivity index (χ0n) is 31.4. The lowest BCUT2D eigenvalue weighted by atomic mass is 9.99. The van der Waals surface area contributed by atoms with Crippen LogP contribution in [-0.4, -0.2) is 78.9 Å². The fourth-order valence-corrected chi connectivity index (χ4v) is 6.82. The maximum Gasteiger partial charge on any atom is 0.255 e. The Bertz CT molecular complexity index is 2160. The van der Waals surface area contributed by atoms with E-state index in [2.05, 4.69) is 50.5 Å². The summed E-state index contributed by atoms with van der Waals surface area (Å²) in [6, 6.07) is 15.9. The Kier molecular flexibility index (Phi) is 12.2. The van der Waals surface area contributed by atoms with Crippen LogP contribution in [0, 0.1) is 11.8 Å². The standard InChI is InChI=1S/2C20H19F3N6/c1-12-14-10-26-20(16-4-2-3-6-24-16)27-15(14)5-7-29(12)19-9-13(8-18(23)28-19)25-11-17(21)22;1-12-14-10-26-20(16-4-2-3-6-24-16)27-15(14)5-7-29(12)19-9-13(21)8-18(28-19)25-11-17(22)23/h2*2-4,6,8-10,12,17H,5,7,11H2,1H3,(H,25,28). The monoisotopic (exact) mass is 800 g/mol. The van der Waals surface area contributed by atoms with E-state index in [0.717, 1.165) is 34.6 Å². The number of halogens is 6. The number of anilines is 4. The summed E-state index contributed by atoms with van der Waals surface area (Å²) in [6.45, 7) is 3.92. The van der Waals surface area contributed by atoms with Crippen LogP contribution in [-0.2, 0) is 12.8 Å². The molecule has 58 heavy (non-hydrogen) atoms. The van der Waals surface area contributed by atoms with Gasteiger partial charge in [0.25, 0.3) is 12.9 Å². The van der Waals surface area contributed by atoms with E-state index in [0.29, 0.717) is 60.6 Å². The first-order chi connectivity index (χ1) is 28.0. The minimum absolute atomic E-state index is 0.0834. The number of nitrogens with one attached hydrogen (secondary N) is 2. The van der Waals surface area contributed by atoms with Gasteiger partial charge in [0.2, 0.25) is 5.95 Å². The van der Waals surface area contributed by atoms with Gasteiger partial charge in [0.15, 0.2) is 11.6 Å². The summed E-state index contributed by atoms with van der Waals surface area (Å²) in [5.41, 5.74) is 5.34. The molecular formula is C40H38F6N12. The van der Waals surface area contributed by atoms with Crippen molar-refractivity contribution in [3.05, 3.63) is 120 Å². The summed E-state index contributed by atoms with van der Waals surface area (Å²) < 4.78 is 77.8. The third-order valence-corrected chi connectivity index (χ3v) is 9.65. The predicted octanol–water partition coefficient (Wildman–Crippen LogP) is 7.75. The first-order valence-corrected chi connectivity index (χ1v) is 18.5. The molecule has 8 rings (SSSR count). The first-order valence-electron chi connectivity index (χ1n) is 18.5. The van der Waals surface area contributed by atoms with Crippen LogP contribution in [0.5, 0.6) is 0 Å². The van der Waals surface area contributed by atoms with Gasteiger partial charge in [0, 0.05) is 91.8 Å². The molecule has 0 aromatic carbocycles. The zero-order chi connectivity index (χ0) is 40.8. The summed E-state index contributed by atoms with van der Waals surface area (Å²) in [6.07, 6.45) is 3.09. The minimum atomic E-state index is -2.55. The van der Waals surface area contributed by atoms with Crippen molar-refractivity contribution in [2.45, 2.75) is 51.6 Å². The summed E-state index contributed by atoms with van der Waals surface area (Å²) in [5.74, 6) is 0.716. The molecule has 18 heteroatoms. The van der Waals surface area contributed by atoms with Gasteiger partial charge in [-0.15, -0.1) is 0 Å². The first kappa shape index (κ1) is 39.8. The van der Waals surface area contributed by atoms with E-state index in [1.165, 1.54) is 6.07 Å². The van der Waals surface area contributed by atoms with Crippen LogP contribution in [0.15, 0.2) is 85.5 Å². The van der Waals surface area contributed by atoms with Gasteiger partial charge in [0.05, 0.1) is 36.6 Å². The highest BCUT2D eigenvalue weighted by atomic mass is 19.3. The number of alkyl halides is 4. The van der Waals surface area contributed by atoms with Gasteiger partial charge in [-0.1, -0.05) is 12.1 Å². The molecule has 2 unspecified atom stereocenters. The van der Waals surface area contributed by atoms with E-state index in [1.54, 1.807) is 30.9 Å². The van der Waals surface area contributed by atoms with Crippen LogP contribution in [0.2, 0.25) is 0 Å². The van der Waals surface area contributed by atoms with Gasteiger partial charge in [-0.05, 0) is 38.1 Å². The fourth-order valence-electron chi connectivity index (χ4n) is 6.82. The molecule has 2 N–H and O–H groups in total. The zero-order valence-corrected chi connectivity index (χ0v) is 31.4. The van der Waals surface area contributed by atoms with Gasteiger partial charge >= 0.3 is 0 Å². The number of aromatic nitrogens is 8. The average molecular weight is 801 g/mol. The van der Waals surface area contributed by atoms with Gasteiger partial charge in [-0.3, -0.25) is 9.97 Å². The van der Waals surface area contributed by atoms with E-state index < -0.39 is 37.7 Å². The van der Waals surface area contributed by atoms with Gasteiger partial charge in [-0.2, -0.15) is 4.39 Å². The second-order valence-electron chi connectivity index (χ2n) is 13.5. The van der Waals surface area contributed by atoms with Crippen molar-refractivity contribution in [2.24, 2.45) is 0 Å². The van der Waals surface area contributed by atoms with Crippen molar-refractivity contribution < 1.29 is 26.3 Å². The molecule has 8 heterocycles. The highest BCUT2D eigenvalue weighted by molar-refractivity contribution is 5.57. The molecule has 12 nitrogen and oxygen atoms in total. The van der Waals surface area contributed by atoms with Crippen LogP contribution in [0.3, 0.4) is 0 Å². The number of hydrogen-bond acceptors (Lipinski definition) is 12. The highest BCUT2D eigenvalue weighted by Crippen LogP contribution is 2.35. The van der Waals surface area contributed by atoms with E-state index in [4.69, 9.17) is 0 Å². The van der Waals surface area contributed by atoms with Crippen molar-refractivity contribution >= 4 is 23.1 Å². The summed E-state index contributed by atoms with van der Waals surface area (Å²) in [4.78, 5) is 38.8. The van der Waals surface area contributed by atoms with Crippen molar-refractivity contribution in [1.82, 2.24) is 39.9 Å². The molecule has 2 aliphatic heterocycles. The Labute approximate surface area is 329 Å². The molecule has 6 aromatic rings. The maximum atomic E-state index is 14.0. The molecule has 6 aromatic heterocycles. The predicted molar refractivity (Wildman–Crippen MR) is 207 cm³/mol. The number of pyridine rings is 4. The molecule has 300 valence electrons. The molecule has 0 aliphatic carbocycles. The second-order valence-corrected chi connectivity index (χ2v) is 13.5. The normalized spacial score (nSPS) is 16.0. The van der Waals surface area contributed by atoms with Gasteiger partial charge in [-0.25, -0.2) is 51.9 Å². The van der Waals surface area contributed by atoms with Crippen LogP contribution in [0.4, 0.5) is 49.5 Å². The SMILES string of the molecule is CC1c2cnc(-c3ccccn3)nc2CCN1c1cc(F)cc(NCC(F)F)n1.CC1c2cnc(-c3ccccn3)nc2CCN1c1cc(NCC(F)F)cc(F)n1. The Morgan fingerprint density at radius 3 is 1.69 bits per heavy atom. The highest BCUT2D eigenvalue weighted by Gasteiger charge is 2.29. The van der Waals surface area contributed by atoms with Crippen LogP contribution in [0.25, 0.3) is 23.0 Å². The molecule has 0 saturated carbocycles. The number of rotatable bonds is 10. The van der Waals surface area contributed by atoms with Gasteiger partial charge in [0.1, 0.15) is 34.7 Å². The molecule has 0 saturated heterocycles. The topological polar surface area (TPSA) is 134 Å². The minimum Gasteiger partial charge on any atom is -0.379 e. The van der Waals surface area contributed by atoms with Gasteiger partial charge < -0.3 is 20.4 Å². The third kappa shape index (κ3) is 9.38. The Morgan fingerprint density at radius 2 is 1.17 bits per heavy atom. The molecule has 0 spiro atoms. The van der Waals surface area contributed by atoms with Crippen molar-refractivity contribution in [3.63, 3.8) is 0 Å². The largest absolute Gasteiger partial charge is 0.379 e. The number of hydrogen-bond donors (Lipinski definition) is 2. The van der Waals surface area contributed by atoms with E-state index in [1.807, 2.05) is 60.0 Å². The Hall–Kier alpha value is -6.46. The smallest absolute Gasteiger partial charge is 0.255 e. The Balaban J connectivity index is 0.000000177. The Morgan fingerprint density at radius 1 is 0.638 bits per heavy atom. The molecule has 0 bridgehead atoms. The lowest BCUT2D eigenvalue weighted by Crippen LogP contribution is -2.35. The molecule has 2 aliphatic rings. The molecule has 0 radical (unpaired) electrons. The molecular weight excluding hydrogens is 763 g/mol. The molecule has 2 atom stereocenters. The van der Waals surface area contributed by atoms with E-state index in [-0.39, 0.29) is 23.6 Å². The van der Waals surface area contributed by atoms with Crippen LogP contribution < -0.4 is 20.4 Å². The second kappa shape index (κ2) is 17.8. The lowest BCUT2D eigenvalue weighted by Gasteiger charge is -2.35. The maximum absolute atomic E-state index is 14.0. The number of nitrogens with zero attached hydrogens (tertiary/aromatic N) is 10. The molecule has 0 amide bonds. The quantitative estimate of drug-likeness (QED) is 0.104. The van der Waals surface area contributed by atoms with E-state index >= 15 is 0 Å². The van der Waals surface area contributed by atoms with Crippen LogP contribution in [0.1, 0.15) is 48.4 Å². The van der Waals surface area contributed by atoms with Crippen molar-refractivity contribution in [1.29, 1.82) is 0 Å². The third-order valence-electron chi connectivity index (χ3n) is 9.65. The molecule has 0 fully saturated rings. The van der Waals surface area contributed by atoms with Crippen molar-refractivity contribution in [2.75, 3.05) is 46.6 Å². The van der Waals surface area contributed by atoms with Crippen LogP contribution >= 0.6 is 0 Å². The average Bonchev–Trinajstić information content (AvgIpc) is 3.22. The summed E-state index contributed by atoms with van der Waals surface area (Å²) >= 11 is 0.